The Morgan fingerprint density at radius 3 is 3.00 bits per heavy atom. The number of aldehydes is 1. The number of hydrogen-bond acceptors (Lipinski definition) is 5. The molecular weight excluding hydrogens is 242 g/mol. The zero-order chi connectivity index (χ0) is 10.6. The lowest BCUT2D eigenvalue weighted by Crippen LogP contribution is -1.98. The lowest BCUT2D eigenvalue weighted by atomic mass is 10.4. The summed E-state index contributed by atoms with van der Waals surface area (Å²) in [5.74, 6) is 0. The standard InChI is InChI=1S/C8H10ClNO2S2/c1-5(2-3-11)13-8-10-7(9)6(4-12)14-8/h4-5,11H,2-3H2,1H3. The van der Waals surface area contributed by atoms with Crippen LogP contribution in [0.2, 0.25) is 5.15 Å². The van der Waals surface area contributed by atoms with E-state index in [1.54, 1.807) is 0 Å². The second-order valence-corrected chi connectivity index (χ2v) is 5.77. The largest absolute Gasteiger partial charge is 0.396 e. The maximum atomic E-state index is 10.5. The minimum Gasteiger partial charge on any atom is -0.396 e. The van der Waals surface area contributed by atoms with Crippen LogP contribution in [0, 0.1) is 0 Å². The van der Waals surface area contributed by atoms with Crippen LogP contribution in [0.1, 0.15) is 23.0 Å². The van der Waals surface area contributed by atoms with E-state index in [1.807, 2.05) is 6.92 Å². The molecule has 0 fully saturated rings. The van der Waals surface area contributed by atoms with Gasteiger partial charge >= 0.3 is 0 Å². The molecule has 1 atom stereocenters. The number of thiazole rings is 1. The molecule has 1 rings (SSSR count). The molecule has 0 radical (unpaired) electrons. The first-order valence-corrected chi connectivity index (χ1v) is 6.13. The number of rotatable bonds is 5. The van der Waals surface area contributed by atoms with Crippen molar-refractivity contribution in [1.82, 2.24) is 4.98 Å². The number of halogens is 1. The summed E-state index contributed by atoms with van der Waals surface area (Å²) in [5, 5.41) is 9.25. The van der Waals surface area contributed by atoms with Gasteiger partial charge in [0.1, 0.15) is 4.88 Å². The van der Waals surface area contributed by atoms with E-state index >= 15 is 0 Å². The zero-order valence-corrected chi connectivity index (χ0v) is 9.95. The summed E-state index contributed by atoms with van der Waals surface area (Å²) >= 11 is 8.52. The molecular formula is C8H10ClNO2S2. The van der Waals surface area contributed by atoms with E-state index < -0.39 is 0 Å². The van der Waals surface area contributed by atoms with E-state index in [2.05, 4.69) is 4.98 Å². The fourth-order valence-corrected chi connectivity index (χ4v) is 3.34. The highest BCUT2D eigenvalue weighted by atomic mass is 35.5. The summed E-state index contributed by atoms with van der Waals surface area (Å²) in [6, 6.07) is 0. The Morgan fingerprint density at radius 1 is 1.79 bits per heavy atom. The molecule has 0 aromatic carbocycles. The van der Waals surface area contributed by atoms with E-state index in [0.717, 1.165) is 4.34 Å². The van der Waals surface area contributed by atoms with Crippen molar-refractivity contribution in [3.05, 3.63) is 10.0 Å². The number of hydrogen-bond donors (Lipinski definition) is 1. The van der Waals surface area contributed by atoms with Gasteiger partial charge in [-0.15, -0.1) is 11.3 Å². The molecule has 1 aromatic heterocycles. The fraction of sp³-hybridized carbons (Fsp3) is 0.500. The molecule has 14 heavy (non-hydrogen) atoms. The van der Waals surface area contributed by atoms with Gasteiger partial charge in [-0.05, 0) is 6.42 Å². The van der Waals surface area contributed by atoms with Crippen LogP contribution in [0.4, 0.5) is 0 Å². The number of nitrogens with zero attached hydrogens (tertiary/aromatic N) is 1. The van der Waals surface area contributed by atoms with Gasteiger partial charge in [0.15, 0.2) is 15.8 Å². The lowest BCUT2D eigenvalue weighted by molar-refractivity contribution is 0.112. The molecule has 0 saturated heterocycles. The molecule has 0 aliphatic rings. The first-order valence-electron chi connectivity index (χ1n) is 4.06. The van der Waals surface area contributed by atoms with Crippen molar-refractivity contribution < 1.29 is 9.90 Å². The Balaban J connectivity index is 2.63. The Hall–Kier alpha value is -0.100. The quantitative estimate of drug-likeness (QED) is 0.645. The average Bonchev–Trinajstić information content (AvgIpc) is 2.46. The summed E-state index contributed by atoms with van der Waals surface area (Å²) in [6.07, 6.45) is 1.42. The van der Waals surface area contributed by atoms with Gasteiger partial charge in [0, 0.05) is 11.9 Å². The predicted octanol–water partition coefficient (Wildman–Crippen LogP) is 2.47. The second kappa shape index (κ2) is 5.70. The van der Waals surface area contributed by atoms with E-state index in [-0.39, 0.29) is 17.0 Å². The summed E-state index contributed by atoms with van der Waals surface area (Å²) < 4.78 is 0.776. The Kier molecular flexibility index (Phi) is 4.88. The van der Waals surface area contributed by atoms with Crippen LogP contribution in [0.5, 0.6) is 0 Å². The third-order valence-corrected chi connectivity index (χ3v) is 4.18. The van der Waals surface area contributed by atoms with Crippen LogP contribution in [0.25, 0.3) is 0 Å². The molecule has 1 aromatic rings. The van der Waals surface area contributed by atoms with Crippen molar-refractivity contribution in [1.29, 1.82) is 0 Å². The molecule has 1 N–H and O–H groups in total. The molecule has 0 aliphatic carbocycles. The van der Waals surface area contributed by atoms with Crippen LogP contribution in [0.3, 0.4) is 0 Å². The number of thioether (sulfide) groups is 1. The first kappa shape index (κ1) is 12.0. The van der Waals surface area contributed by atoms with Crippen LogP contribution in [-0.2, 0) is 0 Å². The molecule has 0 aliphatic heterocycles. The molecule has 1 unspecified atom stereocenters. The monoisotopic (exact) mass is 251 g/mol. The highest BCUT2D eigenvalue weighted by Gasteiger charge is 2.11. The summed E-state index contributed by atoms with van der Waals surface area (Å²) in [6.45, 7) is 2.16. The summed E-state index contributed by atoms with van der Waals surface area (Å²) in [4.78, 5) is 15.0. The first-order chi connectivity index (χ1) is 6.67. The van der Waals surface area contributed by atoms with Crippen LogP contribution in [-0.4, -0.2) is 28.2 Å². The average molecular weight is 252 g/mol. The SMILES string of the molecule is CC(CCO)Sc1nc(Cl)c(C=O)s1. The minimum absolute atomic E-state index is 0.161. The van der Waals surface area contributed by atoms with Crippen molar-refractivity contribution in [2.24, 2.45) is 0 Å². The number of carbonyl (C=O) groups excluding carboxylic acids is 1. The van der Waals surface area contributed by atoms with Gasteiger partial charge < -0.3 is 5.11 Å². The lowest BCUT2D eigenvalue weighted by Gasteiger charge is -2.04. The van der Waals surface area contributed by atoms with Crippen molar-refractivity contribution in [3.63, 3.8) is 0 Å². The van der Waals surface area contributed by atoms with Crippen LogP contribution >= 0.6 is 34.7 Å². The van der Waals surface area contributed by atoms with E-state index in [4.69, 9.17) is 16.7 Å². The van der Waals surface area contributed by atoms with Gasteiger partial charge in [0.05, 0.1) is 0 Å². The van der Waals surface area contributed by atoms with Crippen molar-refractivity contribution in [3.8, 4) is 0 Å². The van der Waals surface area contributed by atoms with E-state index in [0.29, 0.717) is 17.6 Å². The van der Waals surface area contributed by atoms with Gasteiger partial charge in [-0.25, -0.2) is 4.98 Å². The molecule has 0 amide bonds. The normalized spacial score (nSPS) is 12.8. The van der Waals surface area contributed by atoms with E-state index in [1.165, 1.54) is 23.1 Å². The smallest absolute Gasteiger partial charge is 0.163 e. The summed E-state index contributed by atoms with van der Waals surface area (Å²) in [7, 11) is 0. The Labute approximate surface area is 95.5 Å². The molecule has 0 bridgehead atoms. The van der Waals surface area contributed by atoms with E-state index in [9.17, 15) is 4.79 Å². The fourth-order valence-electron chi connectivity index (χ4n) is 0.830. The van der Waals surface area contributed by atoms with Crippen LogP contribution < -0.4 is 0 Å². The molecule has 0 spiro atoms. The number of aliphatic hydroxyl groups excluding tert-OH is 1. The Bertz CT molecular complexity index is 316. The van der Waals surface area contributed by atoms with Gasteiger partial charge in [-0.1, -0.05) is 30.3 Å². The number of aromatic nitrogens is 1. The minimum atomic E-state index is 0.161. The Morgan fingerprint density at radius 2 is 2.50 bits per heavy atom. The van der Waals surface area contributed by atoms with Crippen molar-refractivity contribution in [2.75, 3.05) is 6.61 Å². The third kappa shape index (κ3) is 3.24. The van der Waals surface area contributed by atoms with Gasteiger partial charge in [-0.3, -0.25) is 4.79 Å². The maximum Gasteiger partial charge on any atom is 0.163 e. The van der Waals surface area contributed by atoms with Gasteiger partial charge in [0.2, 0.25) is 0 Å². The highest BCUT2D eigenvalue weighted by Crippen LogP contribution is 2.32. The molecule has 78 valence electrons. The molecule has 6 heteroatoms. The van der Waals surface area contributed by atoms with Crippen molar-refractivity contribution >= 4 is 41.0 Å². The van der Waals surface area contributed by atoms with Crippen LogP contribution in [0.15, 0.2) is 4.34 Å². The third-order valence-electron chi connectivity index (χ3n) is 1.53. The molecule has 1 heterocycles. The number of aliphatic hydroxyl groups is 1. The van der Waals surface area contributed by atoms with Gasteiger partial charge in [0.25, 0.3) is 0 Å². The maximum absolute atomic E-state index is 10.5. The molecule has 0 saturated carbocycles. The summed E-state index contributed by atoms with van der Waals surface area (Å²) in [5.41, 5.74) is 0. The van der Waals surface area contributed by atoms with Gasteiger partial charge in [-0.2, -0.15) is 0 Å². The molecule has 3 nitrogen and oxygen atoms in total. The predicted molar refractivity (Wildman–Crippen MR) is 59.5 cm³/mol. The zero-order valence-electron chi connectivity index (χ0n) is 7.57. The highest BCUT2D eigenvalue weighted by molar-refractivity contribution is 8.01. The van der Waals surface area contributed by atoms with Crippen molar-refractivity contribution in [2.45, 2.75) is 22.9 Å². The second-order valence-electron chi connectivity index (χ2n) is 2.69. The topological polar surface area (TPSA) is 50.2 Å². The number of carbonyl (C=O) groups is 1.